The average Bonchev–Trinajstić information content (AvgIpc) is 2.39. The summed E-state index contributed by atoms with van der Waals surface area (Å²) in [4.78, 5) is 0. The van der Waals surface area contributed by atoms with Crippen LogP contribution in [0.2, 0.25) is 18.1 Å². The van der Waals surface area contributed by atoms with Gasteiger partial charge in [0, 0.05) is 0 Å². The summed E-state index contributed by atoms with van der Waals surface area (Å²) in [5.41, 5.74) is 0. The number of alkyl halides is 4. The topological polar surface area (TPSA) is 9.23 Å². The number of hydrogen-bond acceptors (Lipinski definition) is 1. The second kappa shape index (κ2) is 8.26. The maximum Gasteiger partial charge on any atom is 0.241 e. The Kier molecular flexibility index (Phi) is 8.31. The molecule has 0 saturated heterocycles. The second-order valence-corrected chi connectivity index (χ2v) is 12.0. The molecule has 2 unspecified atom stereocenters. The van der Waals surface area contributed by atoms with Gasteiger partial charge in [-0.25, -0.2) is 17.6 Å². The predicted octanol–water partition coefficient (Wildman–Crippen LogP) is 3.43. The molecule has 2 atom stereocenters. The average molecular weight is 290 g/mol. The Labute approximate surface area is 103 Å². The van der Waals surface area contributed by atoms with Crippen molar-refractivity contribution in [1.82, 2.24) is 0 Å². The minimum Gasteiger partial charge on any atom is -0.454 e. The first-order chi connectivity index (χ1) is 8.00. The summed E-state index contributed by atoms with van der Waals surface area (Å²) in [5, 5.41) is 0. The third kappa shape index (κ3) is 4.71. The van der Waals surface area contributed by atoms with Crippen LogP contribution in [0.4, 0.5) is 17.6 Å². The van der Waals surface area contributed by atoms with Crippen LogP contribution in [-0.2, 0) is 4.12 Å². The smallest absolute Gasteiger partial charge is 0.241 e. The van der Waals surface area contributed by atoms with Crippen molar-refractivity contribution in [1.29, 1.82) is 0 Å². The Bertz CT molecular complexity index is 186. The molecule has 0 saturated carbocycles. The van der Waals surface area contributed by atoms with Gasteiger partial charge in [-0.05, 0) is 18.1 Å². The molecule has 0 bridgehead atoms. The zero-order valence-corrected chi connectivity index (χ0v) is 12.8. The summed E-state index contributed by atoms with van der Waals surface area (Å²) in [6.45, 7) is 3.18. The molecule has 0 heterocycles. The van der Waals surface area contributed by atoms with Gasteiger partial charge >= 0.3 is 0 Å². The number of rotatable bonds is 9. The van der Waals surface area contributed by atoms with Gasteiger partial charge in [-0.2, -0.15) is 0 Å². The molecule has 0 fully saturated rings. The van der Waals surface area contributed by atoms with Crippen LogP contribution in [-0.4, -0.2) is 42.3 Å². The van der Waals surface area contributed by atoms with Gasteiger partial charge in [-0.15, -0.1) is 0 Å². The quantitative estimate of drug-likeness (QED) is 0.467. The normalized spacial score (nSPS) is 17.8. The molecule has 0 aliphatic rings. The summed E-state index contributed by atoms with van der Waals surface area (Å²) in [6.07, 6.45) is 0. The Morgan fingerprint density at radius 1 is 0.941 bits per heavy atom. The highest BCUT2D eigenvalue weighted by molar-refractivity contribution is 6.80. The van der Waals surface area contributed by atoms with Gasteiger partial charge in [0.2, 0.25) is 9.04 Å². The zero-order chi connectivity index (χ0) is 13.5. The van der Waals surface area contributed by atoms with E-state index in [1.807, 2.05) is 20.8 Å². The van der Waals surface area contributed by atoms with Gasteiger partial charge in [-0.1, -0.05) is 20.8 Å². The fourth-order valence-electron chi connectivity index (χ4n) is 1.84. The van der Waals surface area contributed by atoms with Gasteiger partial charge in [0.1, 0.15) is 24.9 Å². The molecule has 0 aromatic rings. The van der Waals surface area contributed by atoms with Crippen molar-refractivity contribution in [2.75, 3.05) is 13.3 Å². The molecule has 0 radical (unpaired) electrons. The summed E-state index contributed by atoms with van der Waals surface area (Å²) in [5.74, 6) is -3.89. The minimum absolute atomic E-state index is 0.724. The number of halogens is 4. The van der Waals surface area contributed by atoms with E-state index in [0.29, 0.717) is 0 Å². The highest BCUT2D eigenvalue weighted by Gasteiger charge is 2.41. The predicted molar refractivity (Wildman–Crippen MR) is 67.2 cm³/mol. The van der Waals surface area contributed by atoms with Crippen LogP contribution >= 0.6 is 0 Å². The van der Waals surface area contributed by atoms with Crippen LogP contribution in [0, 0.1) is 0 Å². The molecule has 0 aliphatic heterocycles. The van der Waals surface area contributed by atoms with Crippen molar-refractivity contribution in [3.63, 3.8) is 0 Å². The molecule has 0 aromatic heterocycles. The van der Waals surface area contributed by atoms with Crippen LogP contribution in [0.25, 0.3) is 0 Å². The molecule has 0 aromatic carbocycles. The molecule has 0 aliphatic carbocycles. The van der Waals surface area contributed by atoms with E-state index in [1.165, 1.54) is 0 Å². The van der Waals surface area contributed by atoms with Crippen LogP contribution < -0.4 is 0 Å². The fraction of sp³-hybridized carbons (Fsp3) is 1.00. The minimum atomic E-state index is -3.12. The largest absolute Gasteiger partial charge is 0.454 e. The summed E-state index contributed by atoms with van der Waals surface area (Å²) in [7, 11) is -5.31. The third-order valence-corrected chi connectivity index (χ3v) is 12.1. The fourth-order valence-corrected chi connectivity index (χ4v) is 9.63. The molecule has 0 amide bonds. The summed E-state index contributed by atoms with van der Waals surface area (Å²) < 4.78 is 57.0. The molecule has 0 spiro atoms. The first-order valence-electron chi connectivity index (χ1n) is 6.08. The molecule has 0 rings (SSSR count). The summed E-state index contributed by atoms with van der Waals surface area (Å²) >= 11 is 0. The maximum atomic E-state index is 13.4. The van der Waals surface area contributed by atoms with Crippen LogP contribution in [0.1, 0.15) is 20.8 Å². The van der Waals surface area contributed by atoms with Gasteiger partial charge < -0.3 is 4.12 Å². The highest BCUT2D eigenvalue weighted by Crippen LogP contribution is 2.25. The van der Waals surface area contributed by atoms with Crippen LogP contribution in [0.15, 0.2) is 0 Å². The Hall–Kier alpha value is 0.114. The van der Waals surface area contributed by atoms with Gasteiger partial charge in [0.15, 0.2) is 8.32 Å². The molecular formula is C10H22F4OSi2. The van der Waals surface area contributed by atoms with E-state index < -0.39 is 42.3 Å². The van der Waals surface area contributed by atoms with E-state index >= 15 is 0 Å². The first kappa shape index (κ1) is 17.1. The highest BCUT2D eigenvalue weighted by atomic mass is 28.4. The van der Waals surface area contributed by atoms with E-state index in [2.05, 4.69) is 0 Å². The van der Waals surface area contributed by atoms with E-state index in [9.17, 15) is 17.6 Å². The molecule has 17 heavy (non-hydrogen) atoms. The van der Waals surface area contributed by atoms with Gasteiger partial charge in [0.05, 0.1) is 0 Å². The number of hydrogen-bond donors (Lipinski definition) is 0. The summed E-state index contributed by atoms with van der Waals surface area (Å²) in [6, 6.07) is 2.17. The Balaban J connectivity index is 4.82. The standard InChI is InChI=1S/C10H22F4OSi2/c1-4-17(5-2,6-3)15-16(9(13)7-11)10(14)8-12/h9-10,16H,4-8H2,1-3H3. The van der Waals surface area contributed by atoms with Crippen molar-refractivity contribution < 1.29 is 21.7 Å². The monoisotopic (exact) mass is 290 g/mol. The SMILES string of the molecule is CC[Si](CC)(CC)O[SiH](C(F)CF)C(F)CF. The van der Waals surface area contributed by atoms with Gasteiger partial charge in [0.25, 0.3) is 0 Å². The molecule has 104 valence electrons. The van der Waals surface area contributed by atoms with Gasteiger partial charge in [-0.3, -0.25) is 0 Å². The van der Waals surface area contributed by atoms with E-state index in [-0.39, 0.29) is 0 Å². The first-order valence-corrected chi connectivity index (χ1v) is 10.4. The van der Waals surface area contributed by atoms with Crippen LogP contribution in [0.5, 0.6) is 0 Å². The maximum absolute atomic E-state index is 13.4. The van der Waals surface area contributed by atoms with Crippen molar-refractivity contribution >= 4 is 17.4 Å². The Morgan fingerprint density at radius 3 is 1.53 bits per heavy atom. The van der Waals surface area contributed by atoms with Crippen molar-refractivity contribution in [3.05, 3.63) is 0 Å². The molecular weight excluding hydrogens is 268 g/mol. The second-order valence-electron chi connectivity index (χ2n) is 4.17. The van der Waals surface area contributed by atoms with E-state index in [4.69, 9.17) is 4.12 Å². The molecule has 7 heteroatoms. The van der Waals surface area contributed by atoms with E-state index in [0.717, 1.165) is 18.1 Å². The van der Waals surface area contributed by atoms with Crippen molar-refractivity contribution in [2.45, 2.75) is 50.5 Å². The lowest BCUT2D eigenvalue weighted by molar-refractivity contribution is 0.260. The molecule has 1 nitrogen and oxygen atoms in total. The van der Waals surface area contributed by atoms with Crippen molar-refractivity contribution in [2.24, 2.45) is 0 Å². The Morgan fingerprint density at radius 2 is 1.29 bits per heavy atom. The lowest BCUT2D eigenvalue weighted by Crippen LogP contribution is -2.52. The molecule has 0 N–H and O–H groups in total. The zero-order valence-electron chi connectivity index (χ0n) is 10.7. The van der Waals surface area contributed by atoms with E-state index in [1.54, 1.807) is 0 Å². The lowest BCUT2D eigenvalue weighted by atomic mass is 10.8. The van der Waals surface area contributed by atoms with Crippen LogP contribution in [0.3, 0.4) is 0 Å². The lowest BCUT2D eigenvalue weighted by Gasteiger charge is -2.34. The van der Waals surface area contributed by atoms with Crippen molar-refractivity contribution in [3.8, 4) is 0 Å². The third-order valence-electron chi connectivity index (χ3n) is 3.33.